The molecule has 1 aromatic heterocycles. The number of hydrogen-bond acceptors (Lipinski definition) is 3. The van der Waals surface area contributed by atoms with Crippen molar-refractivity contribution < 1.29 is 0 Å². The first-order valence-corrected chi connectivity index (χ1v) is 6.17. The molecule has 3 heteroatoms. The molecule has 0 bridgehead atoms. The van der Waals surface area contributed by atoms with Gasteiger partial charge in [-0.2, -0.15) is 0 Å². The van der Waals surface area contributed by atoms with E-state index in [4.69, 9.17) is 5.41 Å². The number of benzene rings is 1. The molecule has 0 aliphatic carbocycles. The van der Waals surface area contributed by atoms with E-state index in [-0.39, 0.29) is 0 Å². The lowest BCUT2D eigenvalue weighted by Gasteiger charge is -2.04. The van der Waals surface area contributed by atoms with Crippen LogP contribution in [0.25, 0.3) is 11.1 Å². The molecule has 2 aromatic rings. The summed E-state index contributed by atoms with van der Waals surface area (Å²) in [5.41, 5.74) is 3.83. The van der Waals surface area contributed by atoms with Crippen molar-refractivity contribution in [2.45, 2.75) is 26.7 Å². The van der Waals surface area contributed by atoms with E-state index in [9.17, 15) is 0 Å². The summed E-state index contributed by atoms with van der Waals surface area (Å²) in [7, 11) is 0. The summed E-state index contributed by atoms with van der Waals surface area (Å²) in [6, 6.07) is 8.24. The Hall–Kier alpha value is -2.03. The fourth-order valence-corrected chi connectivity index (χ4v) is 1.82. The zero-order valence-corrected chi connectivity index (χ0v) is 10.8. The predicted molar refractivity (Wildman–Crippen MR) is 73.9 cm³/mol. The van der Waals surface area contributed by atoms with Gasteiger partial charge in [-0.15, -0.1) is 0 Å². The molecule has 0 spiro atoms. The molecular formula is C15H17N3. The van der Waals surface area contributed by atoms with Gasteiger partial charge in [-0.05, 0) is 18.9 Å². The largest absolute Gasteiger partial charge is 0.301 e. The van der Waals surface area contributed by atoms with Crippen LogP contribution in [0.3, 0.4) is 0 Å². The van der Waals surface area contributed by atoms with Crippen LogP contribution >= 0.6 is 0 Å². The van der Waals surface area contributed by atoms with E-state index in [0.717, 1.165) is 24.0 Å². The van der Waals surface area contributed by atoms with Gasteiger partial charge in [0, 0.05) is 18.0 Å². The van der Waals surface area contributed by atoms with Crippen molar-refractivity contribution in [3.05, 3.63) is 48.0 Å². The first-order chi connectivity index (χ1) is 8.70. The van der Waals surface area contributed by atoms with Crippen molar-refractivity contribution in [1.82, 2.24) is 9.97 Å². The number of aromatic nitrogens is 2. The molecule has 0 amide bonds. The molecule has 0 saturated heterocycles. The van der Waals surface area contributed by atoms with Gasteiger partial charge in [0.25, 0.3) is 0 Å². The Morgan fingerprint density at radius 1 is 1.17 bits per heavy atom. The fourth-order valence-electron chi connectivity index (χ4n) is 1.82. The molecule has 3 nitrogen and oxygen atoms in total. The van der Waals surface area contributed by atoms with Gasteiger partial charge in [-0.25, -0.2) is 9.97 Å². The summed E-state index contributed by atoms with van der Waals surface area (Å²) in [5.74, 6) is 0.535. The summed E-state index contributed by atoms with van der Waals surface area (Å²) in [6.45, 7) is 4.12. The SMILES string of the molecule is CCCC(=N)c1ncc(-c2cccc(C)c2)cn1. The number of aryl methyl sites for hydroxylation is 1. The number of nitrogens with zero attached hydrogens (tertiary/aromatic N) is 2. The van der Waals surface area contributed by atoms with E-state index < -0.39 is 0 Å². The second-order valence-corrected chi connectivity index (χ2v) is 4.39. The smallest absolute Gasteiger partial charge is 0.173 e. The molecule has 1 heterocycles. The highest BCUT2D eigenvalue weighted by molar-refractivity contribution is 5.94. The van der Waals surface area contributed by atoms with Crippen LogP contribution in [0.1, 0.15) is 31.2 Å². The molecule has 0 atom stereocenters. The summed E-state index contributed by atoms with van der Waals surface area (Å²) in [4.78, 5) is 8.54. The molecule has 2 rings (SSSR count). The maximum Gasteiger partial charge on any atom is 0.173 e. The van der Waals surface area contributed by atoms with Crippen LogP contribution < -0.4 is 0 Å². The maximum atomic E-state index is 7.81. The van der Waals surface area contributed by atoms with Gasteiger partial charge in [0.05, 0.1) is 5.71 Å². The van der Waals surface area contributed by atoms with Crippen molar-refractivity contribution in [2.24, 2.45) is 0 Å². The van der Waals surface area contributed by atoms with Crippen LogP contribution in [0.5, 0.6) is 0 Å². The first kappa shape index (κ1) is 12.4. The molecule has 0 unspecified atom stereocenters. The number of rotatable bonds is 4. The van der Waals surface area contributed by atoms with E-state index in [1.165, 1.54) is 5.56 Å². The minimum Gasteiger partial charge on any atom is -0.301 e. The van der Waals surface area contributed by atoms with Gasteiger partial charge in [0.15, 0.2) is 5.82 Å². The van der Waals surface area contributed by atoms with Crippen molar-refractivity contribution in [2.75, 3.05) is 0 Å². The van der Waals surface area contributed by atoms with Gasteiger partial charge in [-0.1, -0.05) is 43.2 Å². The minimum absolute atomic E-state index is 0.508. The monoisotopic (exact) mass is 239 g/mol. The molecule has 0 aliphatic rings. The normalized spacial score (nSPS) is 10.3. The Morgan fingerprint density at radius 2 is 1.89 bits per heavy atom. The lowest BCUT2D eigenvalue weighted by Crippen LogP contribution is -2.04. The third-order valence-corrected chi connectivity index (χ3v) is 2.77. The first-order valence-electron chi connectivity index (χ1n) is 6.17. The highest BCUT2D eigenvalue weighted by Crippen LogP contribution is 2.18. The van der Waals surface area contributed by atoms with Gasteiger partial charge in [0.2, 0.25) is 0 Å². The predicted octanol–water partition coefficient (Wildman–Crippen LogP) is 3.62. The third kappa shape index (κ3) is 2.80. The van der Waals surface area contributed by atoms with E-state index in [1.807, 2.05) is 12.1 Å². The van der Waals surface area contributed by atoms with Gasteiger partial charge in [0.1, 0.15) is 0 Å². The minimum atomic E-state index is 0.508. The number of nitrogens with one attached hydrogen (secondary N) is 1. The van der Waals surface area contributed by atoms with Crippen molar-refractivity contribution in [3.63, 3.8) is 0 Å². The highest BCUT2D eigenvalue weighted by Gasteiger charge is 2.04. The molecule has 0 fully saturated rings. The molecule has 1 aromatic carbocycles. The zero-order valence-electron chi connectivity index (χ0n) is 10.8. The van der Waals surface area contributed by atoms with Crippen molar-refractivity contribution in [1.29, 1.82) is 5.41 Å². The Labute approximate surface area is 107 Å². The van der Waals surface area contributed by atoms with Crippen LogP contribution in [-0.2, 0) is 0 Å². The number of hydrogen-bond donors (Lipinski definition) is 1. The van der Waals surface area contributed by atoms with Gasteiger partial charge in [-0.3, -0.25) is 0 Å². The Morgan fingerprint density at radius 3 is 2.50 bits per heavy atom. The van der Waals surface area contributed by atoms with Crippen molar-refractivity contribution >= 4 is 5.71 Å². The van der Waals surface area contributed by atoms with E-state index >= 15 is 0 Å². The highest BCUT2D eigenvalue weighted by atomic mass is 14.9. The lowest BCUT2D eigenvalue weighted by molar-refractivity contribution is 0.966. The third-order valence-electron chi connectivity index (χ3n) is 2.77. The van der Waals surface area contributed by atoms with Crippen LogP contribution in [0.4, 0.5) is 0 Å². The summed E-state index contributed by atoms with van der Waals surface area (Å²) in [6.07, 6.45) is 5.26. The van der Waals surface area contributed by atoms with Gasteiger partial charge < -0.3 is 5.41 Å². The fraction of sp³-hybridized carbons (Fsp3) is 0.267. The summed E-state index contributed by atoms with van der Waals surface area (Å²) >= 11 is 0. The molecule has 92 valence electrons. The molecule has 0 aliphatic heterocycles. The maximum absolute atomic E-state index is 7.81. The lowest BCUT2D eigenvalue weighted by atomic mass is 10.1. The molecule has 0 saturated carbocycles. The second-order valence-electron chi connectivity index (χ2n) is 4.39. The van der Waals surface area contributed by atoms with E-state index in [1.54, 1.807) is 12.4 Å². The molecule has 18 heavy (non-hydrogen) atoms. The van der Waals surface area contributed by atoms with E-state index in [0.29, 0.717) is 11.5 Å². The average Bonchev–Trinajstić information content (AvgIpc) is 2.39. The van der Waals surface area contributed by atoms with Crippen molar-refractivity contribution in [3.8, 4) is 11.1 Å². The van der Waals surface area contributed by atoms with Gasteiger partial charge >= 0.3 is 0 Å². The summed E-state index contributed by atoms with van der Waals surface area (Å²) < 4.78 is 0. The van der Waals surface area contributed by atoms with Crippen LogP contribution in [0.15, 0.2) is 36.7 Å². The zero-order chi connectivity index (χ0) is 13.0. The van der Waals surface area contributed by atoms with Crippen LogP contribution in [0.2, 0.25) is 0 Å². The quantitative estimate of drug-likeness (QED) is 0.828. The average molecular weight is 239 g/mol. The molecule has 0 radical (unpaired) electrons. The summed E-state index contributed by atoms with van der Waals surface area (Å²) in [5, 5.41) is 7.81. The Bertz CT molecular complexity index is 544. The topological polar surface area (TPSA) is 49.6 Å². The molecular weight excluding hydrogens is 222 g/mol. The Kier molecular flexibility index (Phi) is 3.82. The Balaban J connectivity index is 2.25. The van der Waals surface area contributed by atoms with E-state index in [2.05, 4.69) is 35.9 Å². The standard InChI is InChI=1S/C15H17N3/c1-3-5-14(16)15-17-9-13(10-18-15)12-7-4-6-11(2)8-12/h4,6-10,16H,3,5H2,1-2H3. The van der Waals surface area contributed by atoms with Crippen LogP contribution in [0, 0.1) is 12.3 Å². The van der Waals surface area contributed by atoms with Crippen LogP contribution in [-0.4, -0.2) is 15.7 Å². The molecule has 1 N–H and O–H groups in total. The second kappa shape index (κ2) is 5.54.